The van der Waals surface area contributed by atoms with Gasteiger partial charge in [-0.3, -0.25) is 9.88 Å². The van der Waals surface area contributed by atoms with E-state index in [2.05, 4.69) is 32.4 Å². The number of hydrogen-bond donors (Lipinski definition) is 2. The van der Waals surface area contributed by atoms with Crippen LogP contribution in [0.15, 0.2) is 48.7 Å². The monoisotopic (exact) mass is 416 g/mol. The molecule has 158 valence electrons. The average molecular weight is 416 g/mol. The highest BCUT2D eigenvalue weighted by Gasteiger charge is 2.30. The van der Waals surface area contributed by atoms with E-state index in [1.165, 1.54) is 12.1 Å². The first-order valence-corrected chi connectivity index (χ1v) is 9.73. The van der Waals surface area contributed by atoms with Gasteiger partial charge in [0.1, 0.15) is 0 Å². The summed E-state index contributed by atoms with van der Waals surface area (Å²) in [5.41, 5.74) is 0.544. The van der Waals surface area contributed by atoms with Crippen LogP contribution in [0.3, 0.4) is 0 Å². The average Bonchev–Trinajstić information content (AvgIpc) is 2.73. The summed E-state index contributed by atoms with van der Waals surface area (Å²) in [4.78, 5) is 18.7. The van der Waals surface area contributed by atoms with Crippen molar-refractivity contribution >= 4 is 6.03 Å². The number of halogens is 3. The number of nitrogens with one attached hydrogen (secondary N) is 2. The van der Waals surface area contributed by atoms with E-state index in [0.29, 0.717) is 0 Å². The first-order valence-electron chi connectivity index (χ1n) is 9.73. The van der Waals surface area contributed by atoms with Gasteiger partial charge in [0, 0.05) is 37.4 Å². The Kier molecular flexibility index (Phi) is 7.31. The van der Waals surface area contributed by atoms with Crippen LogP contribution in [0.25, 0.3) is 0 Å². The van der Waals surface area contributed by atoms with Crippen LogP contribution in [0, 0.1) is 11.8 Å². The Hall–Kier alpha value is -3.05. The molecule has 0 saturated carbocycles. The second-order valence-electron chi connectivity index (χ2n) is 7.08. The lowest BCUT2D eigenvalue weighted by molar-refractivity contribution is -0.137. The van der Waals surface area contributed by atoms with Gasteiger partial charge >= 0.3 is 12.2 Å². The molecule has 2 N–H and O–H groups in total. The third kappa shape index (κ3) is 6.78. The maximum atomic E-state index is 12.7. The minimum absolute atomic E-state index is 0.0562. The molecule has 0 unspecified atom stereocenters. The Labute approximate surface area is 173 Å². The zero-order chi connectivity index (χ0) is 21.4. The van der Waals surface area contributed by atoms with E-state index in [4.69, 9.17) is 0 Å². The van der Waals surface area contributed by atoms with Gasteiger partial charge in [-0.1, -0.05) is 24.0 Å². The molecular formula is C22H23F3N4O. The number of rotatable bonds is 4. The fourth-order valence-corrected chi connectivity index (χ4v) is 3.24. The Morgan fingerprint density at radius 1 is 1.17 bits per heavy atom. The van der Waals surface area contributed by atoms with Crippen LogP contribution in [0.4, 0.5) is 18.0 Å². The maximum absolute atomic E-state index is 12.7. The smallest absolute Gasteiger partial charge is 0.335 e. The topological polar surface area (TPSA) is 57.3 Å². The number of carbonyl (C=O) groups excluding carboxylic acids is 1. The van der Waals surface area contributed by atoms with Gasteiger partial charge in [0.15, 0.2) is 0 Å². The summed E-state index contributed by atoms with van der Waals surface area (Å²) in [5, 5.41) is 5.55. The van der Waals surface area contributed by atoms with Crippen molar-refractivity contribution in [3.05, 3.63) is 65.5 Å². The Morgan fingerprint density at radius 3 is 2.67 bits per heavy atom. The third-order valence-corrected chi connectivity index (χ3v) is 4.79. The lowest BCUT2D eigenvalue weighted by Crippen LogP contribution is -2.47. The van der Waals surface area contributed by atoms with E-state index in [1.807, 2.05) is 18.2 Å². The Bertz CT molecular complexity index is 898. The first-order chi connectivity index (χ1) is 14.4. The van der Waals surface area contributed by atoms with Gasteiger partial charge in [-0.15, -0.1) is 0 Å². The molecule has 2 heterocycles. The summed E-state index contributed by atoms with van der Waals surface area (Å²) in [5.74, 6) is 5.32. The molecule has 1 aliphatic rings. The molecule has 3 rings (SSSR count). The van der Waals surface area contributed by atoms with Gasteiger partial charge in [0.25, 0.3) is 0 Å². The predicted octanol–water partition coefficient (Wildman–Crippen LogP) is 3.42. The van der Waals surface area contributed by atoms with E-state index >= 15 is 0 Å². The fraction of sp³-hybridized carbons (Fsp3) is 0.364. The number of carbonyl (C=O) groups is 1. The summed E-state index contributed by atoms with van der Waals surface area (Å²) < 4.78 is 38.1. The summed E-state index contributed by atoms with van der Waals surface area (Å²) in [6, 6.07) is 10.4. The van der Waals surface area contributed by atoms with Crippen molar-refractivity contribution in [2.24, 2.45) is 0 Å². The minimum atomic E-state index is -4.40. The largest absolute Gasteiger partial charge is 0.416 e. The molecule has 5 nitrogen and oxygen atoms in total. The zero-order valence-electron chi connectivity index (χ0n) is 16.4. The molecule has 0 spiro atoms. The van der Waals surface area contributed by atoms with Crippen molar-refractivity contribution < 1.29 is 18.0 Å². The number of amides is 2. The third-order valence-electron chi connectivity index (χ3n) is 4.79. The highest BCUT2D eigenvalue weighted by Crippen LogP contribution is 2.29. The number of urea groups is 1. The van der Waals surface area contributed by atoms with Crippen LogP contribution in [-0.2, 0) is 12.7 Å². The molecular weight excluding hydrogens is 393 g/mol. The Morgan fingerprint density at radius 2 is 1.97 bits per heavy atom. The number of nitrogens with zero attached hydrogens (tertiary/aromatic N) is 2. The summed E-state index contributed by atoms with van der Waals surface area (Å²) >= 11 is 0. The SMILES string of the molecule is O=C(NCC#Cc1cccc(C(F)(F)F)c1)NC1CCN(Cc2ccccn2)CC1. The van der Waals surface area contributed by atoms with Crippen LogP contribution in [0.5, 0.6) is 0 Å². The van der Waals surface area contributed by atoms with Gasteiger partial charge in [-0.05, 0) is 43.2 Å². The quantitative estimate of drug-likeness (QED) is 0.751. The number of pyridine rings is 1. The Balaban J connectivity index is 1.38. The van der Waals surface area contributed by atoms with Crippen LogP contribution >= 0.6 is 0 Å². The molecule has 1 fully saturated rings. The molecule has 30 heavy (non-hydrogen) atoms. The van der Waals surface area contributed by atoms with Crippen molar-refractivity contribution in [3.63, 3.8) is 0 Å². The molecule has 8 heteroatoms. The fourth-order valence-electron chi connectivity index (χ4n) is 3.24. The predicted molar refractivity (Wildman–Crippen MR) is 107 cm³/mol. The molecule has 1 saturated heterocycles. The van der Waals surface area contributed by atoms with Crippen molar-refractivity contribution in [2.75, 3.05) is 19.6 Å². The minimum Gasteiger partial charge on any atom is -0.335 e. The standard InChI is InChI=1S/C22H23F3N4O/c23-22(24,25)18-7-3-5-17(15-18)6-4-12-27-21(30)28-19-9-13-29(14-10-19)16-20-8-1-2-11-26-20/h1-3,5,7-8,11,15,19H,9-10,12-14,16H2,(H2,27,28,30). The molecule has 2 amide bonds. The number of aromatic nitrogens is 1. The molecule has 2 aromatic rings. The number of benzene rings is 1. The summed E-state index contributed by atoms with van der Waals surface area (Å²) in [6.07, 6.45) is -0.931. The second kappa shape index (κ2) is 10.1. The van der Waals surface area contributed by atoms with E-state index in [9.17, 15) is 18.0 Å². The maximum Gasteiger partial charge on any atom is 0.416 e. The highest BCUT2D eigenvalue weighted by molar-refractivity contribution is 5.74. The molecule has 1 aromatic heterocycles. The summed E-state index contributed by atoms with van der Waals surface area (Å²) in [7, 11) is 0. The van der Waals surface area contributed by atoms with Crippen LogP contribution in [0.2, 0.25) is 0 Å². The number of hydrogen-bond acceptors (Lipinski definition) is 3. The highest BCUT2D eigenvalue weighted by atomic mass is 19.4. The van der Waals surface area contributed by atoms with Gasteiger partial charge < -0.3 is 10.6 Å². The van der Waals surface area contributed by atoms with Gasteiger partial charge in [-0.2, -0.15) is 13.2 Å². The van der Waals surface area contributed by atoms with Crippen LogP contribution in [-0.4, -0.2) is 41.6 Å². The zero-order valence-corrected chi connectivity index (χ0v) is 16.4. The van der Waals surface area contributed by atoms with Gasteiger partial charge in [0.2, 0.25) is 0 Å². The second-order valence-corrected chi connectivity index (χ2v) is 7.08. The number of likely N-dealkylation sites (tertiary alicyclic amines) is 1. The lowest BCUT2D eigenvalue weighted by atomic mass is 10.1. The molecule has 1 aromatic carbocycles. The van der Waals surface area contributed by atoms with E-state index in [1.54, 1.807) is 6.20 Å². The van der Waals surface area contributed by atoms with Crippen molar-refractivity contribution in [1.82, 2.24) is 20.5 Å². The molecule has 0 radical (unpaired) electrons. The summed E-state index contributed by atoms with van der Waals surface area (Å²) in [6.45, 7) is 2.60. The van der Waals surface area contributed by atoms with Crippen LogP contribution < -0.4 is 10.6 Å². The van der Waals surface area contributed by atoms with Gasteiger partial charge in [-0.25, -0.2) is 4.79 Å². The van der Waals surface area contributed by atoms with E-state index in [-0.39, 0.29) is 24.2 Å². The lowest BCUT2D eigenvalue weighted by Gasteiger charge is -2.32. The number of piperidine rings is 1. The van der Waals surface area contributed by atoms with Crippen molar-refractivity contribution in [3.8, 4) is 11.8 Å². The van der Waals surface area contributed by atoms with Gasteiger partial charge in [0.05, 0.1) is 17.8 Å². The first kappa shape index (κ1) is 21.7. The van der Waals surface area contributed by atoms with Crippen LogP contribution in [0.1, 0.15) is 29.7 Å². The normalized spacial score (nSPS) is 15.2. The molecule has 0 aliphatic carbocycles. The van der Waals surface area contributed by atoms with E-state index < -0.39 is 11.7 Å². The van der Waals surface area contributed by atoms with Crippen molar-refractivity contribution in [1.29, 1.82) is 0 Å². The molecule has 0 atom stereocenters. The van der Waals surface area contributed by atoms with E-state index in [0.717, 1.165) is 50.3 Å². The molecule has 0 bridgehead atoms. The van der Waals surface area contributed by atoms with Crippen molar-refractivity contribution in [2.45, 2.75) is 31.6 Å². The number of alkyl halides is 3. The molecule has 1 aliphatic heterocycles.